The molecule has 0 radical (unpaired) electrons. The Kier molecular flexibility index (Phi) is 3.93. The summed E-state index contributed by atoms with van der Waals surface area (Å²) in [5.41, 5.74) is -0.953. The minimum absolute atomic E-state index is 0.125. The summed E-state index contributed by atoms with van der Waals surface area (Å²) in [6, 6.07) is 0. The van der Waals surface area contributed by atoms with Gasteiger partial charge in [-0.15, -0.1) is 0 Å². The largest absolute Gasteiger partial charge is 0.380 e. The van der Waals surface area contributed by atoms with Crippen molar-refractivity contribution in [3.8, 4) is 0 Å². The van der Waals surface area contributed by atoms with Crippen LogP contribution in [-0.4, -0.2) is 31.6 Å². The Hall–Kier alpha value is -1.37. The lowest BCUT2D eigenvalue weighted by atomic mass is 10.1. The number of hydrogen-bond donors (Lipinski definition) is 1. The second-order valence-electron chi connectivity index (χ2n) is 4.74. The minimum atomic E-state index is -2.14. The molecule has 1 aliphatic rings. The molecule has 1 aliphatic heterocycles. The third kappa shape index (κ3) is 2.65. The van der Waals surface area contributed by atoms with E-state index in [0.29, 0.717) is 0 Å². The SMILES string of the molecule is CN1CCC(CNc2c(F)c(F)c(F)c(F)c2F)C1. The Labute approximate surface area is 107 Å². The standard InChI is InChI=1S/C12H13F5N2/c1-19-3-2-6(5-19)4-18-12-10(16)8(14)7(13)9(15)11(12)17/h6,18H,2-5H2,1H3. The highest BCUT2D eigenvalue weighted by molar-refractivity contribution is 5.47. The van der Waals surface area contributed by atoms with E-state index in [1.165, 1.54) is 0 Å². The molecule has 2 nitrogen and oxygen atoms in total. The van der Waals surface area contributed by atoms with E-state index in [0.717, 1.165) is 19.5 Å². The summed E-state index contributed by atoms with van der Waals surface area (Å²) >= 11 is 0. The number of anilines is 1. The molecule has 1 fully saturated rings. The lowest BCUT2D eigenvalue weighted by Crippen LogP contribution is -2.20. The molecule has 0 aromatic heterocycles. The summed E-state index contributed by atoms with van der Waals surface area (Å²) in [6.45, 7) is 1.74. The van der Waals surface area contributed by atoms with Gasteiger partial charge < -0.3 is 10.2 Å². The fourth-order valence-corrected chi connectivity index (χ4v) is 2.20. The molecule has 2 rings (SSSR count). The van der Waals surface area contributed by atoms with Crippen LogP contribution >= 0.6 is 0 Å². The van der Waals surface area contributed by atoms with E-state index in [1.807, 2.05) is 11.9 Å². The maximum atomic E-state index is 13.4. The third-order valence-corrected chi connectivity index (χ3v) is 3.27. The maximum absolute atomic E-state index is 13.4. The van der Waals surface area contributed by atoms with E-state index in [-0.39, 0.29) is 12.5 Å². The smallest absolute Gasteiger partial charge is 0.200 e. The van der Waals surface area contributed by atoms with Crippen molar-refractivity contribution >= 4 is 5.69 Å². The summed E-state index contributed by atoms with van der Waals surface area (Å²) in [5, 5.41) is 2.33. The van der Waals surface area contributed by atoms with Gasteiger partial charge in [-0.05, 0) is 25.9 Å². The van der Waals surface area contributed by atoms with Crippen LogP contribution in [0.1, 0.15) is 6.42 Å². The van der Waals surface area contributed by atoms with Gasteiger partial charge in [0, 0.05) is 13.1 Å². The first-order chi connectivity index (χ1) is 8.91. The topological polar surface area (TPSA) is 15.3 Å². The monoisotopic (exact) mass is 280 g/mol. The first-order valence-corrected chi connectivity index (χ1v) is 5.85. The van der Waals surface area contributed by atoms with Crippen LogP contribution in [0.3, 0.4) is 0 Å². The average molecular weight is 280 g/mol. The number of likely N-dealkylation sites (tertiary alicyclic amines) is 1. The van der Waals surface area contributed by atoms with E-state index in [1.54, 1.807) is 0 Å². The van der Waals surface area contributed by atoms with E-state index < -0.39 is 34.8 Å². The Morgan fingerprint density at radius 2 is 1.53 bits per heavy atom. The number of rotatable bonds is 3. The molecule has 1 aromatic carbocycles. The molecule has 1 saturated heterocycles. The van der Waals surface area contributed by atoms with Crippen molar-refractivity contribution in [2.45, 2.75) is 6.42 Å². The summed E-state index contributed by atoms with van der Waals surface area (Å²) in [4.78, 5) is 2.03. The molecule has 1 atom stereocenters. The Balaban J connectivity index is 2.16. The average Bonchev–Trinajstić information content (AvgIpc) is 2.80. The molecule has 0 spiro atoms. The molecule has 1 N–H and O–H groups in total. The second kappa shape index (κ2) is 5.32. The van der Waals surface area contributed by atoms with E-state index in [2.05, 4.69) is 5.32 Å². The quantitative estimate of drug-likeness (QED) is 0.520. The molecule has 0 aliphatic carbocycles. The van der Waals surface area contributed by atoms with Crippen LogP contribution < -0.4 is 5.32 Å². The Morgan fingerprint density at radius 3 is 2.00 bits per heavy atom. The van der Waals surface area contributed by atoms with Crippen molar-refractivity contribution in [1.82, 2.24) is 4.90 Å². The zero-order valence-corrected chi connectivity index (χ0v) is 10.2. The summed E-state index contributed by atoms with van der Waals surface area (Å²) in [6.07, 6.45) is 0.818. The van der Waals surface area contributed by atoms with Gasteiger partial charge in [-0.1, -0.05) is 0 Å². The minimum Gasteiger partial charge on any atom is -0.380 e. The fourth-order valence-electron chi connectivity index (χ4n) is 2.20. The first-order valence-electron chi connectivity index (χ1n) is 5.85. The van der Waals surface area contributed by atoms with Crippen molar-refractivity contribution in [3.63, 3.8) is 0 Å². The van der Waals surface area contributed by atoms with Gasteiger partial charge in [-0.25, -0.2) is 22.0 Å². The summed E-state index contributed by atoms with van der Waals surface area (Å²) in [5.74, 6) is -9.50. The predicted molar refractivity (Wildman–Crippen MR) is 60.3 cm³/mol. The number of halogens is 5. The molecular formula is C12H13F5N2. The van der Waals surface area contributed by atoms with E-state index >= 15 is 0 Å². The number of nitrogens with zero attached hydrogens (tertiary/aromatic N) is 1. The van der Waals surface area contributed by atoms with Gasteiger partial charge in [0.1, 0.15) is 5.69 Å². The first kappa shape index (κ1) is 14.0. The van der Waals surface area contributed by atoms with Crippen LogP contribution in [0.5, 0.6) is 0 Å². The molecular weight excluding hydrogens is 267 g/mol. The normalized spacial score (nSPS) is 20.0. The van der Waals surface area contributed by atoms with Crippen LogP contribution in [-0.2, 0) is 0 Å². The van der Waals surface area contributed by atoms with Crippen molar-refractivity contribution in [1.29, 1.82) is 0 Å². The number of nitrogens with one attached hydrogen (secondary N) is 1. The van der Waals surface area contributed by atoms with Crippen LogP contribution in [0.25, 0.3) is 0 Å². The molecule has 1 unspecified atom stereocenters. The van der Waals surface area contributed by atoms with Crippen molar-refractivity contribution < 1.29 is 22.0 Å². The molecule has 0 bridgehead atoms. The van der Waals surface area contributed by atoms with Gasteiger partial charge in [0.2, 0.25) is 5.82 Å². The zero-order valence-electron chi connectivity index (χ0n) is 10.2. The molecule has 1 heterocycles. The van der Waals surface area contributed by atoms with Gasteiger partial charge in [-0.3, -0.25) is 0 Å². The highest BCUT2D eigenvalue weighted by Crippen LogP contribution is 2.27. The fraction of sp³-hybridized carbons (Fsp3) is 0.500. The van der Waals surface area contributed by atoms with E-state index in [9.17, 15) is 22.0 Å². The van der Waals surface area contributed by atoms with Crippen LogP contribution in [0.15, 0.2) is 0 Å². The van der Waals surface area contributed by atoms with E-state index in [4.69, 9.17) is 0 Å². The third-order valence-electron chi connectivity index (χ3n) is 3.27. The van der Waals surface area contributed by atoms with Gasteiger partial charge in [0.05, 0.1) is 0 Å². The molecule has 1 aromatic rings. The lowest BCUT2D eigenvalue weighted by molar-refractivity contribution is 0.379. The van der Waals surface area contributed by atoms with Crippen molar-refractivity contribution in [3.05, 3.63) is 29.1 Å². The highest BCUT2D eigenvalue weighted by atomic mass is 19.2. The van der Waals surface area contributed by atoms with Crippen LogP contribution in [0.4, 0.5) is 27.6 Å². The molecule has 19 heavy (non-hydrogen) atoms. The zero-order chi connectivity index (χ0) is 14.2. The molecule has 7 heteroatoms. The highest BCUT2D eigenvalue weighted by Gasteiger charge is 2.27. The van der Waals surface area contributed by atoms with Gasteiger partial charge in [0.15, 0.2) is 23.3 Å². The summed E-state index contributed by atoms with van der Waals surface area (Å²) in [7, 11) is 1.90. The van der Waals surface area contributed by atoms with Crippen LogP contribution in [0, 0.1) is 35.0 Å². The number of benzene rings is 1. The number of hydrogen-bond acceptors (Lipinski definition) is 2. The molecule has 106 valence electrons. The molecule has 0 saturated carbocycles. The van der Waals surface area contributed by atoms with Gasteiger partial charge in [-0.2, -0.15) is 0 Å². The Bertz CT molecular complexity index is 462. The van der Waals surface area contributed by atoms with Crippen LogP contribution in [0.2, 0.25) is 0 Å². The maximum Gasteiger partial charge on any atom is 0.200 e. The van der Waals surface area contributed by atoms with Gasteiger partial charge in [0.25, 0.3) is 0 Å². The summed E-state index contributed by atoms with van der Waals surface area (Å²) < 4.78 is 65.5. The van der Waals surface area contributed by atoms with Crippen molar-refractivity contribution in [2.24, 2.45) is 5.92 Å². The lowest BCUT2D eigenvalue weighted by Gasteiger charge is -2.14. The molecule has 0 amide bonds. The second-order valence-corrected chi connectivity index (χ2v) is 4.74. The van der Waals surface area contributed by atoms with Crippen molar-refractivity contribution in [2.75, 3.05) is 32.0 Å². The van der Waals surface area contributed by atoms with Gasteiger partial charge >= 0.3 is 0 Å². The predicted octanol–water partition coefficient (Wildman–Crippen LogP) is 2.75. The Morgan fingerprint density at radius 1 is 1.00 bits per heavy atom.